The molecule has 0 atom stereocenters. The van der Waals surface area contributed by atoms with Gasteiger partial charge in [0, 0.05) is 37.0 Å². The van der Waals surface area contributed by atoms with Gasteiger partial charge in [-0.15, -0.1) is 0 Å². The molecule has 8 heteroatoms. The number of halogens is 2. The van der Waals surface area contributed by atoms with Gasteiger partial charge < -0.3 is 4.74 Å². The molecule has 3 heterocycles. The number of aromatic nitrogens is 3. The highest BCUT2D eigenvalue weighted by atomic mass is 19.1. The van der Waals surface area contributed by atoms with Crippen molar-refractivity contribution in [2.24, 2.45) is 0 Å². The van der Waals surface area contributed by atoms with Crippen LogP contribution in [0.3, 0.4) is 0 Å². The number of carbonyl (C=O) groups excluding carboxylic acids is 1. The molecular weight excluding hydrogens is 392 g/mol. The van der Waals surface area contributed by atoms with Gasteiger partial charge in [-0.05, 0) is 37.3 Å². The number of carbonyl (C=O) groups is 1. The average Bonchev–Trinajstić information content (AvgIpc) is 3.52. The Hall–Kier alpha value is -3.42. The summed E-state index contributed by atoms with van der Waals surface area (Å²) in [6.07, 6.45) is 4.60. The van der Waals surface area contributed by atoms with Crippen LogP contribution in [-0.4, -0.2) is 20.3 Å². The van der Waals surface area contributed by atoms with Gasteiger partial charge >= 0.3 is 0 Å². The van der Waals surface area contributed by atoms with E-state index in [-0.39, 0.29) is 29.4 Å². The van der Waals surface area contributed by atoms with Gasteiger partial charge in [0.05, 0.1) is 11.9 Å². The molecule has 0 unspecified atom stereocenters. The summed E-state index contributed by atoms with van der Waals surface area (Å²) in [6.45, 7) is 2.93. The molecule has 154 valence electrons. The van der Waals surface area contributed by atoms with Crippen molar-refractivity contribution < 1.29 is 18.3 Å². The Morgan fingerprint density at radius 2 is 1.93 bits per heavy atom. The zero-order valence-electron chi connectivity index (χ0n) is 16.5. The van der Waals surface area contributed by atoms with Crippen LogP contribution in [0.15, 0.2) is 41.5 Å². The number of aryl methyl sites for hydroxylation is 1. The molecular formula is C22H19F2N3O3. The van der Waals surface area contributed by atoms with E-state index in [0.29, 0.717) is 23.0 Å². The van der Waals surface area contributed by atoms with Crippen LogP contribution in [-0.2, 0) is 6.61 Å². The number of hydrogen-bond acceptors (Lipinski definition) is 5. The van der Waals surface area contributed by atoms with Gasteiger partial charge in [0.1, 0.15) is 29.6 Å². The molecule has 0 aliphatic heterocycles. The minimum Gasteiger partial charge on any atom is -0.487 e. The van der Waals surface area contributed by atoms with Crippen molar-refractivity contribution in [2.45, 2.75) is 39.2 Å². The highest BCUT2D eigenvalue weighted by molar-refractivity contribution is 5.92. The van der Waals surface area contributed by atoms with Crippen molar-refractivity contribution in [1.29, 1.82) is 0 Å². The fraction of sp³-hybridized carbons (Fsp3) is 0.273. The minimum atomic E-state index is -0.817. The first-order valence-corrected chi connectivity index (χ1v) is 9.51. The maximum atomic E-state index is 13.7. The molecule has 0 spiro atoms. The minimum absolute atomic E-state index is 0.0607. The van der Waals surface area contributed by atoms with E-state index in [4.69, 9.17) is 4.74 Å². The smallest absolute Gasteiger partial charge is 0.259 e. The second-order valence-corrected chi connectivity index (χ2v) is 7.34. The van der Waals surface area contributed by atoms with E-state index in [1.807, 2.05) is 0 Å². The van der Waals surface area contributed by atoms with Gasteiger partial charge in [0.2, 0.25) is 0 Å². The zero-order chi connectivity index (χ0) is 21.4. The SMILES string of the molecule is CC(=O)c1cc(-n2c(C)cc(OCc3ncc(F)cc3F)cc2=O)c(C2CC2)cn1. The third-order valence-corrected chi connectivity index (χ3v) is 4.98. The number of nitrogens with zero attached hydrogens (tertiary/aromatic N) is 3. The quantitative estimate of drug-likeness (QED) is 0.576. The Bertz CT molecular complexity index is 1200. The van der Waals surface area contributed by atoms with Gasteiger partial charge in [-0.2, -0.15) is 0 Å². The molecule has 1 aliphatic rings. The number of pyridine rings is 3. The van der Waals surface area contributed by atoms with Crippen molar-refractivity contribution in [2.75, 3.05) is 0 Å². The number of ketones is 1. The molecule has 30 heavy (non-hydrogen) atoms. The highest BCUT2D eigenvalue weighted by Gasteiger charge is 2.28. The summed E-state index contributed by atoms with van der Waals surface area (Å²) < 4.78 is 33.8. The first-order valence-electron chi connectivity index (χ1n) is 9.51. The van der Waals surface area contributed by atoms with Gasteiger partial charge in [0.15, 0.2) is 11.6 Å². The molecule has 3 aromatic rings. The lowest BCUT2D eigenvalue weighted by Gasteiger charge is -2.16. The predicted octanol–water partition coefficient (Wildman–Crippen LogP) is 3.87. The predicted molar refractivity (Wildman–Crippen MR) is 105 cm³/mol. The molecule has 4 rings (SSSR count). The third kappa shape index (κ3) is 3.98. The normalized spacial score (nSPS) is 13.3. The molecule has 0 radical (unpaired) electrons. The zero-order valence-corrected chi connectivity index (χ0v) is 16.5. The number of Topliss-reactive ketones (excluding diaryl/α,β-unsaturated/α-hetero) is 1. The molecule has 0 N–H and O–H groups in total. The third-order valence-electron chi connectivity index (χ3n) is 4.98. The molecule has 0 bridgehead atoms. The van der Waals surface area contributed by atoms with Gasteiger partial charge in [-0.25, -0.2) is 8.78 Å². The van der Waals surface area contributed by atoms with Crippen LogP contribution in [0, 0.1) is 18.6 Å². The van der Waals surface area contributed by atoms with Gasteiger partial charge in [-0.3, -0.25) is 24.1 Å². The van der Waals surface area contributed by atoms with Crippen LogP contribution in [0.4, 0.5) is 8.78 Å². The van der Waals surface area contributed by atoms with Crippen molar-refractivity contribution in [3.05, 3.63) is 81.3 Å². The van der Waals surface area contributed by atoms with Crippen LogP contribution in [0.1, 0.15) is 53.1 Å². The maximum absolute atomic E-state index is 13.7. The lowest BCUT2D eigenvalue weighted by Crippen LogP contribution is -2.22. The summed E-state index contributed by atoms with van der Waals surface area (Å²) >= 11 is 0. The monoisotopic (exact) mass is 411 g/mol. The molecule has 1 fully saturated rings. The van der Waals surface area contributed by atoms with Crippen molar-refractivity contribution in [3.8, 4) is 11.4 Å². The summed E-state index contributed by atoms with van der Waals surface area (Å²) in [5.41, 5.74) is 2.04. The molecule has 6 nitrogen and oxygen atoms in total. The Labute approximate surface area is 171 Å². The van der Waals surface area contributed by atoms with E-state index < -0.39 is 11.6 Å². The Kier molecular flexibility index (Phi) is 5.15. The largest absolute Gasteiger partial charge is 0.487 e. The van der Waals surface area contributed by atoms with Crippen LogP contribution >= 0.6 is 0 Å². The van der Waals surface area contributed by atoms with Crippen molar-refractivity contribution >= 4 is 5.78 Å². The van der Waals surface area contributed by atoms with Gasteiger partial charge in [-0.1, -0.05) is 0 Å². The topological polar surface area (TPSA) is 74.1 Å². The molecule has 1 aliphatic carbocycles. The summed E-state index contributed by atoms with van der Waals surface area (Å²) in [4.78, 5) is 32.6. The van der Waals surface area contributed by atoms with Crippen LogP contribution in [0.5, 0.6) is 5.75 Å². The Morgan fingerprint density at radius 3 is 2.57 bits per heavy atom. The fourth-order valence-electron chi connectivity index (χ4n) is 3.32. The summed E-state index contributed by atoms with van der Waals surface area (Å²) in [6, 6.07) is 5.31. The fourth-order valence-corrected chi connectivity index (χ4v) is 3.32. The van der Waals surface area contributed by atoms with E-state index in [9.17, 15) is 18.4 Å². The molecule has 3 aromatic heterocycles. The van der Waals surface area contributed by atoms with Gasteiger partial charge in [0.25, 0.3) is 5.56 Å². The summed E-state index contributed by atoms with van der Waals surface area (Å²) in [5.74, 6) is -1.21. The molecule has 1 saturated carbocycles. The lowest BCUT2D eigenvalue weighted by atomic mass is 10.1. The average molecular weight is 411 g/mol. The molecule has 0 amide bonds. The van der Waals surface area contributed by atoms with Crippen LogP contribution in [0.25, 0.3) is 5.69 Å². The standard InChI is InChI=1S/C22H19F2N3O3/c1-12-5-16(30-11-20-18(24)6-15(23)9-25-20)7-22(29)27(12)21-8-19(13(2)28)26-10-17(21)14-3-4-14/h5-10,14H,3-4,11H2,1-2H3. The maximum Gasteiger partial charge on any atom is 0.259 e. The second kappa shape index (κ2) is 7.78. The highest BCUT2D eigenvalue weighted by Crippen LogP contribution is 2.42. The lowest BCUT2D eigenvalue weighted by molar-refractivity contribution is 0.101. The van der Waals surface area contributed by atoms with E-state index in [1.165, 1.54) is 17.6 Å². The molecule has 0 saturated heterocycles. The first kappa shape index (κ1) is 19.9. The summed E-state index contributed by atoms with van der Waals surface area (Å²) in [7, 11) is 0. The van der Waals surface area contributed by atoms with Crippen molar-refractivity contribution in [3.63, 3.8) is 0 Å². The van der Waals surface area contributed by atoms with E-state index in [0.717, 1.165) is 30.7 Å². The summed E-state index contributed by atoms with van der Waals surface area (Å²) in [5, 5.41) is 0. The number of rotatable bonds is 6. The van der Waals surface area contributed by atoms with Crippen LogP contribution in [0.2, 0.25) is 0 Å². The van der Waals surface area contributed by atoms with Crippen molar-refractivity contribution in [1.82, 2.24) is 14.5 Å². The Morgan fingerprint density at radius 1 is 1.17 bits per heavy atom. The Balaban J connectivity index is 1.67. The molecule has 0 aromatic carbocycles. The van der Waals surface area contributed by atoms with E-state index in [1.54, 1.807) is 25.3 Å². The second-order valence-electron chi connectivity index (χ2n) is 7.34. The van der Waals surface area contributed by atoms with Crippen LogP contribution < -0.4 is 10.3 Å². The number of hydrogen-bond donors (Lipinski definition) is 0. The van der Waals surface area contributed by atoms with E-state index in [2.05, 4.69) is 9.97 Å². The first-order chi connectivity index (χ1) is 14.3. The van der Waals surface area contributed by atoms with E-state index >= 15 is 0 Å². The number of ether oxygens (including phenoxy) is 1.